The van der Waals surface area contributed by atoms with Crippen LogP contribution < -0.4 is 4.90 Å². The van der Waals surface area contributed by atoms with E-state index in [2.05, 4.69) is 17.1 Å². The van der Waals surface area contributed by atoms with Crippen molar-refractivity contribution in [1.29, 1.82) is 0 Å². The lowest BCUT2D eigenvalue weighted by Crippen LogP contribution is -2.18. The van der Waals surface area contributed by atoms with Crippen molar-refractivity contribution in [3.63, 3.8) is 0 Å². The summed E-state index contributed by atoms with van der Waals surface area (Å²) in [6.45, 7) is 0.697. The maximum atomic E-state index is 14.4. The average molecular weight is 369 g/mol. The second-order valence-electron chi connectivity index (χ2n) is 6.62. The van der Waals surface area contributed by atoms with Crippen LogP contribution >= 0.6 is 0 Å². The van der Waals surface area contributed by atoms with Crippen LogP contribution in [0.25, 0.3) is 22.6 Å². The van der Waals surface area contributed by atoms with Gasteiger partial charge in [0.25, 0.3) is 0 Å². The van der Waals surface area contributed by atoms with Gasteiger partial charge in [0.2, 0.25) is 0 Å². The second-order valence-corrected chi connectivity index (χ2v) is 6.62. The minimum Gasteiger partial charge on any atom is -0.355 e. The third-order valence-electron chi connectivity index (χ3n) is 4.55. The lowest BCUT2D eigenvalue weighted by molar-refractivity contribution is 0.630. The van der Waals surface area contributed by atoms with Gasteiger partial charge < -0.3 is 4.90 Å². The van der Waals surface area contributed by atoms with Crippen LogP contribution in [0.1, 0.15) is 5.56 Å². The molecule has 0 saturated heterocycles. The van der Waals surface area contributed by atoms with E-state index >= 15 is 0 Å². The largest absolute Gasteiger partial charge is 0.355 e. The first kappa shape index (κ1) is 17.9. The van der Waals surface area contributed by atoms with E-state index in [0.717, 1.165) is 11.4 Å². The number of rotatable bonds is 5. The molecule has 3 aromatic carbocycles. The Balaban J connectivity index is 1.79. The first-order chi connectivity index (χ1) is 13.7. The third-order valence-corrected chi connectivity index (χ3v) is 4.55. The Morgan fingerprint density at radius 3 is 2.14 bits per heavy atom. The number of hydrogen-bond donors (Lipinski definition) is 0. The van der Waals surface area contributed by atoms with Crippen molar-refractivity contribution in [3.05, 3.63) is 102 Å². The van der Waals surface area contributed by atoms with Crippen LogP contribution in [-0.2, 0) is 6.54 Å². The summed E-state index contributed by atoms with van der Waals surface area (Å²) in [5, 5.41) is 0. The topological polar surface area (TPSA) is 29.0 Å². The highest BCUT2D eigenvalue weighted by Gasteiger charge is 2.14. The van der Waals surface area contributed by atoms with Gasteiger partial charge in [0.15, 0.2) is 5.82 Å². The molecule has 0 aliphatic rings. The summed E-state index contributed by atoms with van der Waals surface area (Å²) in [7, 11) is 1.98. The van der Waals surface area contributed by atoms with E-state index < -0.39 is 0 Å². The number of nitrogens with zero attached hydrogens (tertiary/aromatic N) is 3. The van der Waals surface area contributed by atoms with E-state index in [9.17, 15) is 4.39 Å². The van der Waals surface area contributed by atoms with Gasteiger partial charge in [-0.2, -0.15) is 0 Å². The highest BCUT2D eigenvalue weighted by atomic mass is 19.1. The zero-order valence-electron chi connectivity index (χ0n) is 15.6. The molecule has 0 saturated carbocycles. The molecular formula is C24H20FN3. The van der Waals surface area contributed by atoms with Crippen molar-refractivity contribution in [2.75, 3.05) is 11.9 Å². The van der Waals surface area contributed by atoms with Crippen molar-refractivity contribution in [2.45, 2.75) is 6.54 Å². The lowest BCUT2D eigenvalue weighted by atomic mass is 10.1. The molecule has 0 radical (unpaired) electrons. The average Bonchev–Trinajstić information content (AvgIpc) is 2.75. The predicted octanol–water partition coefficient (Wildman–Crippen LogP) is 5.59. The van der Waals surface area contributed by atoms with Crippen molar-refractivity contribution in [2.24, 2.45) is 0 Å². The number of benzene rings is 3. The molecule has 28 heavy (non-hydrogen) atoms. The number of hydrogen-bond acceptors (Lipinski definition) is 3. The molecule has 1 aromatic heterocycles. The zero-order valence-corrected chi connectivity index (χ0v) is 15.6. The van der Waals surface area contributed by atoms with Gasteiger partial charge >= 0.3 is 0 Å². The van der Waals surface area contributed by atoms with E-state index in [1.807, 2.05) is 72.6 Å². The number of halogens is 1. The van der Waals surface area contributed by atoms with Gasteiger partial charge in [-0.15, -0.1) is 0 Å². The molecule has 0 N–H and O–H groups in total. The van der Waals surface area contributed by atoms with Gasteiger partial charge in [-0.1, -0.05) is 72.8 Å². The Morgan fingerprint density at radius 2 is 1.43 bits per heavy atom. The summed E-state index contributed by atoms with van der Waals surface area (Å²) in [5.74, 6) is 1.03. The van der Waals surface area contributed by atoms with Gasteiger partial charge in [-0.25, -0.2) is 14.4 Å². The minimum atomic E-state index is -0.295. The summed E-state index contributed by atoms with van der Waals surface area (Å²) >= 11 is 0. The van der Waals surface area contributed by atoms with Crippen molar-refractivity contribution >= 4 is 5.82 Å². The molecule has 4 rings (SSSR count). The predicted molar refractivity (Wildman–Crippen MR) is 111 cm³/mol. The Hall–Kier alpha value is -3.53. The fourth-order valence-electron chi connectivity index (χ4n) is 3.09. The first-order valence-electron chi connectivity index (χ1n) is 9.15. The maximum Gasteiger partial charge on any atom is 0.162 e. The fraction of sp³-hybridized carbons (Fsp3) is 0.0833. The Kier molecular flexibility index (Phi) is 5.11. The van der Waals surface area contributed by atoms with Gasteiger partial charge in [0.05, 0.1) is 5.69 Å². The summed E-state index contributed by atoms with van der Waals surface area (Å²) < 4.78 is 14.4. The van der Waals surface area contributed by atoms with Crippen molar-refractivity contribution in [3.8, 4) is 22.6 Å². The molecular weight excluding hydrogens is 349 g/mol. The molecule has 4 aromatic rings. The monoisotopic (exact) mass is 369 g/mol. The molecule has 0 fully saturated rings. The van der Waals surface area contributed by atoms with Crippen molar-refractivity contribution in [1.82, 2.24) is 9.97 Å². The molecule has 0 aliphatic heterocycles. The molecule has 4 heteroatoms. The minimum absolute atomic E-state index is 0.295. The highest BCUT2D eigenvalue weighted by molar-refractivity contribution is 5.68. The molecule has 0 spiro atoms. The molecule has 0 amide bonds. The third kappa shape index (κ3) is 3.91. The molecule has 0 unspecified atom stereocenters. The lowest BCUT2D eigenvalue weighted by Gasteiger charge is -2.20. The Morgan fingerprint density at radius 1 is 0.786 bits per heavy atom. The van der Waals surface area contributed by atoms with Gasteiger partial charge in [-0.3, -0.25) is 0 Å². The Bertz CT molecular complexity index is 1070. The standard InChI is InChI=1S/C24H20FN3/c1-28(17-18-10-4-2-5-11-18)23-16-22(20-14-8-9-15-21(20)25)26-24(27-23)19-12-6-3-7-13-19/h2-16H,17H2,1H3. The SMILES string of the molecule is CN(Cc1ccccc1)c1cc(-c2ccccc2F)nc(-c2ccccc2)n1. The van der Waals surface area contributed by atoms with Gasteiger partial charge in [0, 0.05) is 30.8 Å². The van der Waals surface area contributed by atoms with Crippen LogP contribution in [-0.4, -0.2) is 17.0 Å². The van der Waals surface area contributed by atoms with Crippen LogP contribution in [0.3, 0.4) is 0 Å². The summed E-state index contributed by atoms with van der Waals surface area (Å²) in [6.07, 6.45) is 0. The van der Waals surface area contributed by atoms with Crippen LogP contribution in [0.5, 0.6) is 0 Å². The fourth-order valence-corrected chi connectivity index (χ4v) is 3.09. The van der Waals surface area contributed by atoms with Crippen LogP contribution in [0.4, 0.5) is 10.2 Å². The summed E-state index contributed by atoms with van der Waals surface area (Å²) in [6, 6.07) is 28.5. The van der Waals surface area contributed by atoms with E-state index in [-0.39, 0.29) is 5.82 Å². The molecule has 1 heterocycles. The van der Waals surface area contributed by atoms with E-state index in [4.69, 9.17) is 4.98 Å². The van der Waals surface area contributed by atoms with E-state index in [1.165, 1.54) is 11.6 Å². The summed E-state index contributed by atoms with van der Waals surface area (Å²) in [5.41, 5.74) is 3.12. The van der Waals surface area contributed by atoms with Crippen molar-refractivity contribution < 1.29 is 4.39 Å². The number of aromatic nitrogens is 2. The quantitative estimate of drug-likeness (QED) is 0.459. The molecule has 3 nitrogen and oxygen atoms in total. The molecule has 0 aliphatic carbocycles. The summed E-state index contributed by atoms with van der Waals surface area (Å²) in [4.78, 5) is 11.4. The second kappa shape index (κ2) is 8.01. The van der Waals surface area contributed by atoms with Gasteiger partial charge in [0.1, 0.15) is 11.6 Å². The smallest absolute Gasteiger partial charge is 0.162 e. The van der Waals surface area contributed by atoms with Gasteiger partial charge in [-0.05, 0) is 17.7 Å². The molecule has 138 valence electrons. The zero-order chi connectivity index (χ0) is 19.3. The van der Waals surface area contributed by atoms with E-state index in [0.29, 0.717) is 23.6 Å². The first-order valence-corrected chi connectivity index (χ1v) is 9.15. The maximum absolute atomic E-state index is 14.4. The van der Waals surface area contributed by atoms with Crippen LogP contribution in [0, 0.1) is 5.82 Å². The van der Waals surface area contributed by atoms with Crippen LogP contribution in [0.15, 0.2) is 91.0 Å². The van der Waals surface area contributed by atoms with E-state index in [1.54, 1.807) is 12.1 Å². The van der Waals surface area contributed by atoms with Crippen LogP contribution in [0.2, 0.25) is 0 Å². The highest BCUT2D eigenvalue weighted by Crippen LogP contribution is 2.27. The molecule has 0 atom stereocenters. The Labute approximate surface area is 164 Å². The number of anilines is 1. The normalized spacial score (nSPS) is 10.6. The molecule has 0 bridgehead atoms.